The predicted octanol–water partition coefficient (Wildman–Crippen LogP) is 2.68. The number of nitrogens with two attached hydrogens (primary N) is 1. The second-order valence-corrected chi connectivity index (χ2v) is 8.47. The lowest BCUT2D eigenvalue weighted by Gasteiger charge is -2.24. The van der Waals surface area contributed by atoms with Crippen LogP contribution in [0, 0.1) is 0 Å². The minimum absolute atomic E-state index is 0.0313. The predicted molar refractivity (Wildman–Crippen MR) is 133 cm³/mol. The molecule has 0 aliphatic carbocycles. The number of anilines is 1. The molecule has 0 spiro atoms. The molecule has 1 amide bonds. The van der Waals surface area contributed by atoms with Gasteiger partial charge >= 0.3 is 12.1 Å². The van der Waals surface area contributed by atoms with E-state index >= 15 is 0 Å². The van der Waals surface area contributed by atoms with Gasteiger partial charge in [0, 0.05) is 23.9 Å². The third kappa shape index (κ3) is 6.59. The van der Waals surface area contributed by atoms with Crippen LogP contribution in [0.25, 0.3) is 22.3 Å². The normalized spacial score (nSPS) is 14.5. The number of halogens is 3. The number of aromatic nitrogens is 4. The molecule has 0 saturated heterocycles. The monoisotopic (exact) mass is 544 g/mol. The molecule has 5 rings (SSSR count). The Bertz CT molecular complexity index is 1510. The van der Waals surface area contributed by atoms with E-state index in [1.807, 2.05) is 36.4 Å². The number of aliphatic carboxylic acids is 1. The SMILES string of the molecule is Nc1nccc(-c2ccc3nc(C4COc5ccc(C(=O)NCCO)cc5C4)[nH]c3c2)n1.O=C(O)C(F)(F)F. The molecule has 1 aliphatic rings. The number of hydrogen-bond acceptors (Lipinski definition) is 8. The Morgan fingerprint density at radius 1 is 1.15 bits per heavy atom. The number of ether oxygens (including phenoxy) is 1. The second-order valence-electron chi connectivity index (χ2n) is 8.47. The van der Waals surface area contributed by atoms with Crippen molar-refractivity contribution in [3.05, 3.63) is 65.6 Å². The number of fused-ring (bicyclic) bond motifs is 2. The lowest BCUT2D eigenvalue weighted by Crippen LogP contribution is -2.27. The Kier molecular flexibility index (Phi) is 7.95. The highest BCUT2D eigenvalue weighted by atomic mass is 19.4. The van der Waals surface area contributed by atoms with E-state index in [4.69, 9.17) is 30.5 Å². The van der Waals surface area contributed by atoms with Crippen molar-refractivity contribution in [2.75, 3.05) is 25.5 Å². The number of carbonyl (C=O) groups is 2. The fraction of sp³-hybridized carbons (Fsp3) is 0.240. The molecule has 1 atom stereocenters. The van der Waals surface area contributed by atoms with Gasteiger partial charge in [0.15, 0.2) is 0 Å². The summed E-state index contributed by atoms with van der Waals surface area (Å²) in [4.78, 5) is 37.5. The first kappa shape index (κ1) is 27.3. The molecule has 11 nitrogen and oxygen atoms in total. The number of nitrogens with one attached hydrogen (secondary N) is 2. The van der Waals surface area contributed by atoms with Crippen molar-refractivity contribution in [2.24, 2.45) is 0 Å². The van der Waals surface area contributed by atoms with Gasteiger partial charge in [0.05, 0.1) is 35.9 Å². The van der Waals surface area contributed by atoms with Crippen LogP contribution in [0.4, 0.5) is 19.1 Å². The Morgan fingerprint density at radius 2 is 1.92 bits per heavy atom. The summed E-state index contributed by atoms with van der Waals surface area (Å²) < 4.78 is 37.7. The topological polar surface area (TPSA) is 176 Å². The van der Waals surface area contributed by atoms with Crippen molar-refractivity contribution in [3.63, 3.8) is 0 Å². The van der Waals surface area contributed by atoms with Gasteiger partial charge in [0.2, 0.25) is 5.95 Å². The number of alkyl halides is 3. The number of carbonyl (C=O) groups excluding carboxylic acids is 1. The van der Waals surface area contributed by atoms with Crippen molar-refractivity contribution in [3.8, 4) is 17.0 Å². The van der Waals surface area contributed by atoms with Crippen molar-refractivity contribution >= 4 is 28.9 Å². The zero-order chi connectivity index (χ0) is 28.2. The second kappa shape index (κ2) is 11.3. The fourth-order valence-electron chi connectivity index (χ4n) is 3.90. The van der Waals surface area contributed by atoms with Gasteiger partial charge in [-0.15, -0.1) is 0 Å². The number of aliphatic hydroxyl groups is 1. The van der Waals surface area contributed by atoms with Crippen molar-refractivity contribution in [1.29, 1.82) is 0 Å². The van der Waals surface area contributed by atoms with Crippen molar-refractivity contribution in [1.82, 2.24) is 25.3 Å². The summed E-state index contributed by atoms with van der Waals surface area (Å²) in [5.74, 6) is -1.10. The number of benzene rings is 2. The number of carboxylic acids is 1. The number of imidazole rings is 1. The van der Waals surface area contributed by atoms with Crippen LogP contribution in [0.15, 0.2) is 48.7 Å². The summed E-state index contributed by atoms with van der Waals surface area (Å²) in [6.07, 6.45) is -2.75. The zero-order valence-corrected chi connectivity index (χ0v) is 20.2. The Hall–Kier alpha value is -4.72. The maximum Gasteiger partial charge on any atom is 0.490 e. The number of carboxylic acid groups (broad SMARTS) is 1. The summed E-state index contributed by atoms with van der Waals surface area (Å²) in [5.41, 5.74) is 10.6. The summed E-state index contributed by atoms with van der Waals surface area (Å²) >= 11 is 0. The number of H-pyrrole nitrogens is 1. The maximum absolute atomic E-state index is 12.2. The summed E-state index contributed by atoms with van der Waals surface area (Å²) in [6.45, 7) is 0.621. The number of aliphatic hydroxyl groups excluding tert-OH is 1. The van der Waals surface area contributed by atoms with E-state index in [2.05, 4.69) is 20.3 Å². The number of aromatic amines is 1. The van der Waals surface area contributed by atoms with Crippen LogP contribution >= 0.6 is 0 Å². The molecule has 0 saturated carbocycles. The summed E-state index contributed by atoms with van der Waals surface area (Å²) in [6, 6.07) is 13.1. The number of nitrogens with zero attached hydrogens (tertiary/aromatic N) is 3. The van der Waals surface area contributed by atoms with Crippen LogP contribution in [0.3, 0.4) is 0 Å². The van der Waals surface area contributed by atoms with E-state index in [-0.39, 0.29) is 30.9 Å². The zero-order valence-electron chi connectivity index (χ0n) is 20.2. The molecule has 0 fully saturated rings. The van der Waals surface area contributed by atoms with Gasteiger partial charge in [-0.05, 0) is 48.4 Å². The van der Waals surface area contributed by atoms with Crippen LogP contribution in [0.5, 0.6) is 5.75 Å². The molecule has 2 aromatic carbocycles. The molecule has 0 radical (unpaired) electrons. The first-order valence-corrected chi connectivity index (χ1v) is 11.6. The lowest BCUT2D eigenvalue weighted by molar-refractivity contribution is -0.192. The van der Waals surface area contributed by atoms with Gasteiger partial charge < -0.3 is 31.0 Å². The first-order chi connectivity index (χ1) is 18.5. The number of amides is 1. The molecule has 1 unspecified atom stereocenters. The van der Waals surface area contributed by atoms with E-state index in [9.17, 15) is 18.0 Å². The van der Waals surface area contributed by atoms with Gasteiger partial charge in [0.25, 0.3) is 5.91 Å². The largest absolute Gasteiger partial charge is 0.493 e. The molecule has 204 valence electrons. The molecule has 1 aliphatic heterocycles. The van der Waals surface area contributed by atoms with Gasteiger partial charge in [-0.1, -0.05) is 6.07 Å². The molecular weight excluding hydrogens is 521 g/mol. The molecule has 14 heteroatoms. The molecule has 39 heavy (non-hydrogen) atoms. The third-order valence-corrected chi connectivity index (χ3v) is 5.73. The first-order valence-electron chi connectivity index (χ1n) is 11.6. The van der Waals surface area contributed by atoms with Crippen LogP contribution in [-0.2, 0) is 11.2 Å². The number of rotatable bonds is 5. The average molecular weight is 544 g/mol. The highest BCUT2D eigenvalue weighted by Crippen LogP contribution is 2.33. The quantitative estimate of drug-likeness (QED) is 0.253. The average Bonchev–Trinajstić information content (AvgIpc) is 3.34. The maximum atomic E-state index is 12.2. The van der Waals surface area contributed by atoms with Crippen molar-refractivity contribution in [2.45, 2.75) is 18.5 Å². The number of nitrogen functional groups attached to an aromatic ring is 1. The van der Waals surface area contributed by atoms with E-state index in [0.29, 0.717) is 18.6 Å². The van der Waals surface area contributed by atoms with Crippen LogP contribution < -0.4 is 15.8 Å². The summed E-state index contributed by atoms with van der Waals surface area (Å²) in [5, 5.41) is 18.7. The van der Waals surface area contributed by atoms with Gasteiger partial charge in [-0.3, -0.25) is 4.79 Å². The molecular formula is C25H23F3N6O5. The van der Waals surface area contributed by atoms with Crippen LogP contribution in [0.1, 0.15) is 27.7 Å². The molecule has 0 bridgehead atoms. The minimum atomic E-state index is -5.08. The summed E-state index contributed by atoms with van der Waals surface area (Å²) in [7, 11) is 0. The third-order valence-electron chi connectivity index (χ3n) is 5.73. The Labute approximate surface area is 218 Å². The lowest BCUT2D eigenvalue weighted by atomic mass is 9.94. The molecule has 6 N–H and O–H groups in total. The highest BCUT2D eigenvalue weighted by molar-refractivity contribution is 5.94. The fourth-order valence-corrected chi connectivity index (χ4v) is 3.90. The van der Waals surface area contributed by atoms with Gasteiger partial charge in [-0.2, -0.15) is 13.2 Å². The number of hydrogen-bond donors (Lipinski definition) is 5. The van der Waals surface area contributed by atoms with Gasteiger partial charge in [-0.25, -0.2) is 19.7 Å². The Morgan fingerprint density at radius 3 is 2.62 bits per heavy atom. The van der Waals surface area contributed by atoms with E-state index in [0.717, 1.165) is 39.4 Å². The molecule has 4 aromatic rings. The minimum Gasteiger partial charge on any atom is -0.493 e. The van der Waals surface area contributed by atoms with E-state index < -0.39 is 12.1 Å². The van der Waals surface area contributed by atoms with Gasteiger partial charge in [0.1, 0.15) is 11.6 Å². The van der Waals surface area contributed by atoms with Crippen LogP contribution in [-0.4, -0.2) is 68.0 Å². The van der Waals surface area contributed by atoms with E-state index in [1.54, 1.807) is 12.3 Å². The highest BCUT2D eigenvalue weighted by Gasteiger charge is 2.38. The van der Waals surface area contributed by atoms with E-state index in [1.165, 1.54) is 0 Å². The Balaban J connectivity index is 0.000000448. The standard InChI is InChI=1S/C23H22N6O3.C2HF3O2/c24-23-26-6-5-17(29-23)13-1-3-18-19(11-13)28-21(27-18)16-10-15-9-14(22(31)25-7-8-30)2-4-20(15)32-12-16;3-2(4,5)1(6)7/h1-6,9,11,16,30H,7-8,10,12H2,(H,25,31)(H,27,28)(H2,24,26,29);(H,6,7). The van der Waals surface area contributed by atoms with Crippen molar-refractivity contribution < 1.29 is 37.7 Å². The smallest absolute Gasteiger partial charge is 0.490 e. The molecule has 3 heterocycles. The molecule has 2 aromatic heterocycles. The van der Waals surface area contributed by atoms with Crippen LogP contribution in [0.2, 0.25) is 0 Å².